The molecule has 2 N–H and O–H groups in total. The molecule has 0 saturated heterocycles. The van der Waals surface area contributed by atoms with E-state index in [1.807, 2.05) is 24.3 Å². The van der Waals surface area contributed by atoms with Crippen LogP contribution in [0, 0.1) is 0 Å². The summed E-state index contributed by atoms with van der Waals surface area (Å²) in [5, 5.41) is 15.8. The van der Waals surface area contributed by atoms with E-state index in [1.165, 1.54) is 0 Å². The minimum Gasteiger partial charge on any atom is -0.395 e. The maximum absolute atomic E-state index is 8.74. The van der Waals surface area contributed by atoms with Gasteiger partial charge in [-0.1, -0.05) is 18.5 Å². The van der Waals surface area contributed by atoms with E-state index in [1.54, 1.807) is 0 Å². The van der Waals surface area contributed by atoms with Crippen LogP contribution in [0.4, 0.5) is 5.69 Å². The number of anilines is 1. The third-order valence-corrected chi connectivity index (χ3v) is 2.79. The van der Waals surface area contributed by atoms with Crippen molar-refractivity contribution in [2.24, 2.45) is 0 Å². The highest BCUT2D eigenvalue weighted by atomic mass is 16.5. The molecule has 0 bridgehead atoms. The first kappa shape index (κ1) is 13.5. The van der Waals surface area contributed by atoms with Gasteiger partial charge in [0.05, 0.1) is 6.61 Å². The average molecular weight is 261 g/mol. The molecule has 102 valence electrons. The van der Waals surface area contributed by atoms with Crippen molar-refractivity contribution in [3.63, 3.8) is 0 Å². The molecule has 0 atom stereocenters. The highest BCUT2D eigenvalue weighted by Crippen LogP contribution is 2.20. The molecule has 0 aliphatic rings. The van der Waals surface area contributed by atoms with Gasteiger partial charge in [0.25, 0.3) is 5.89 Å². The molecule has 5 nitrogen and oxygen atoms in total. The van der Waals surface area contributed by atoms with E-state index in [0.29, 0.717) is 12.4 Å². The van der Waals surface area contributed by atoms with E-state index in [9.17, 15) is 0 Å². The summed E-state index contributed by atoms with van der Waals surface area (Å²) < 4.78 is 5.25. The van der Waals surface area contributed by atoms with Crippen molar-refractivity contribution in [3.05, 3.63) is 30.1 Å². The van der Waals surface area contributed by atoms with Crippen LogP contribution in [0.15, 0.2) is 28.8 Å². The number of rotatable bonds is 7. The molecule has 0 saturated carbocycles. The fraction of sp³-hybridized carbons (Fsp3) is 0.429. The first-order valence-electron chi connectivity index (χ1n) is 6.61. The van der Waals surface area contributed by atoms with Crippen molar-refractivity contribution in [1.29, 1.82) is 0 Å². The lowest BCUT2D eigenvalue weighted by molar-refractivity contribution is 0.311. The number of unbranched alkanes of at least 4 members (excludes halogenated alkanes) is 1. The van der Waals surface area contributed by atoms with Crippen LogP contribution in [0.3, 0.4) is 0 Å². The predicted molar refractivity (Wildman–Crippen MR) is 73.9 cm³/mol. The molecule has 5 heteroatoms. The van der Waals surface area contributed by atoms with Crippen LogP contribution in [0.5, 0.6) is 0 Å². The smallest absolute Gasteiger partial charge is 0.257 e. The molecule has 0 fully saturated rings. The fourth-order valence-electron chi connectivity index (χ4n) is 1.74. The number of aliphatic hydroxyl groups is 1. The molecule has 0 aliphatic heterocycles. The summed E-state index contributed by atoms with van der Waals surface area (Å²) in [5.74, 6) is 1.32. The SMILES string of the molecule is CCCCc1noc(-c2ccc(NCCO)cc2)n1. The monoisotopic (exact) mass is 261 g/mol. The summed E-state index contributed by atoms with van der Waals surface area (Å²) >= 11 is 0. The molecule has 0 amide bonds. The summed E-state index contributed by atoms with van der Waals surface area (Å²) in [6.07, 6.45) is 3.05. The molecule has 0 radical (unpaired) electrons. The van der Waals surface area contributed by atoms with Gasteiger partial charge < -0.3 is 14.9 Å². The Balaban J connectivity index is 2.02. The normalized spacial score (nSPS) is 10.6. The van der Waals surface area contributed by atoms with Crippen LogP contribution in [0.1, 0.15) is 25.6 Å². The molecule has 19 heavy (non-hydrogen) atoms. The lowest BCUT2D eigenvalue weighted by Gasteiger charge is -2.03. The molecule has 0 aliphatic carbocycles. The topological polar surface area (TPSA) is 71.2 Å². The zero-order chi connectivity index (χ0) is 13.5. The molecular weight excluding hydrogens is 242 g/mol. The Morgan fingerprint density at radius 2 is 2.05 bits per heavy atom. The number of nitrogens with one attached hydrogen (secondary N) is 1. The Morgan fingerprint density at radius 3 is 2.74 bits per heavy atom. The van der Waals surface area contributed by atoms with Crippen molar-refractivity contribution in [2.75, 3.05) is 18.5 Å². The van der Waals surface area contributed by atoms with E-state index in [4.69, 9.17) is 9.63 Å². The van der Waals surface area contributed by atoms with Crippen molar-refractivity contribution < 1.29 is 9.63 Å². The zero-order valence-electron chi connectivity index (χ0n) is 11.1. The van der Waals surface area contributed by atoms with Gasteiger partial charge in [-0.25, -0.2) is 0 Å². The molecule has 1 aromatic heterocycles. The minimum absolute atomic E-state index is 0.117. The number of nitrogens with zero attached hydrogens (tertiary/aromatic N) is 2. The second-order valence-corrected chi connectivity index (χ2v) is 4.35. The van der Waals surface area contributed by atoms with Gasteiger partial charge in [-0.3, -0.25) is 0 Å². The maximum atomic E-state index is 8.74. The first-order chi connectivity index (χ1) is 9.33. The predicted octanol–water partition coefficient (Wildman–Crippen LogP) is 2.48. The molecule has 1 heterocycles. The summed E-state index contributed by atoms with van der Waals surface area (Å²) in [6, 6.07) is 7.72. The van der Waals surface area contributed by atoms with E-state index in [2.05, 4.69) is 22.4 Å². The Morgan fingerprint density at radius 1 is 1.26 bits per heavy atom. The van der Waals surface area contributed by atoms with Crippen LogP contribution in [0.25, 0.3) is 11.5 Å². The minimum atomic E-state index is 0.117. The number of hydrogen-bond acceptors (Lipinski definition) is 5. The molecule has 1 aromatic carbocycles. The quantitative estimate of drug-likeness (QED) is 0.801. The van der Waals surface area contributed by atoms with Crippen LogP contribution in [-0.4, -0.2) is 28.4 Å². The van der Waals surface area contributed by atoms with Crippen molar-refractivity contribution in [3.8, 4) is 11.5 Å². The van der Waals surface area contributed by atoms with Crippen molar-refractivity contribution >= 4 is 5.69 Å². The number of hydrogen-bond donors (Lipinski definition) is 2. The maximum Gasteiger partial charge on any atom is 0.257 e. The Kier molecular flexibility index (Phi) is 4.92. The van der Waals surface area contributed by atoms with Gasteiger partial charge in [0.2, 0.25) is 0 Å². The lowest BCUT2D eigenvalue weighted by atomic mass is 10.2. The first-order valence-corrected chi connectivity index (χ1v) is 6.61. The fourth-order valence-corrected chi connectivity index (χ4v) is 1.74. The van der Waals surface area contributed by atoms with Gasteiger partial charge in [-0.05, 0) is 30.7 Å². The van der Waals surface area contributed by atoms with Gasteiger partial charge in [0.1, 0.15) is 0 Å². The van der Waals surface area contributed by atoms with E-state index in [-0.39, 0.29) is 6.61 Å². The molecule has 2 rings (SSSR count). The highest BCUT2D eigenvalue weighted by Gasteiger charge is 2.08. The third-order valence-electron chi connectivity index (χ3n) is 2.79. The molecule has 0 spiro atoms. The standard InChI is InChI=1S/C14H19N3O2/c1-2-3-4-13-16-14(19-17-13)11-5-7-12(8-6-11)15-9-10-18/h5-8,15,18H,2-4,9-10H2,1H3. The van der Waals surface area contributed by atoms with Gasteiger partial charge in [0.15, 0.2) is 5.82 Å². The van der Waals surface area contributed by atoms with Crippen LogP contribution in [0.2, 0.25) is 0 Å². The van der Waals surface area contributed by atoms with Crippen molar-refractivity contribution in [1.82, 2.24) is 10.1 Å². The lowest BCUT2D eigenvalue weighted by Crippen LogP contribution is -2.04. The van der Waals surface area contributed by atoms with Gasteiger partial charge in [-0.2, -0.15) is 4.98 Å². The number of benzene rings is 1. The van der Waals surface area contributed by atoms with Gasteiger partial charge >= 0.3 is 0 Å². The Hall–Kier alpha value is -1.88. The van der Waals surface area contributed by atoms with Crippen molar-refractivity contribution in [2.45, 2.75) is 26.2 Å². The van der Waals surface area contributed by atoms with Gasteiger partial charge in [-0.15, -0.1) is 0 Å². The second kappa shape index (κ2) is 6.89. The number of aliphatic hydroxyl groups excluding tert-OH is 1. The van der Waals surface area contributed by atoms with E-state index in [0.717, 1.165) is 36.3 Å². The molecular formula is C14H19N3O2. The number of aryl methyl sites for hydroxylation is 1. The zero-order valence-corrected chi connectivity index (χ0v) is 11.1. The summed E-state index contributed by atoms with van der Waals surface area (Å²) in [4.78, 5) is 4.37. The molecule has 0 unspecified atom stereocenters. The summed E-state index contributed by atoms with van der Waals surface area (Å²) in [6.45, 7) is 2.80. The number of aromatic nitrogens is 2. The van der Waals surface area contributed by atoms with E-state index >= 15 is 0 Å². The highest BCUT2D eigenvalue weighted by molar-refractivity contribution is 5.58. The Labute approximate surface area is 112 Å². The summed E-state index contributed by atoms with van der Waals surface area (Å²) in [7, 11) is 0. The largest absolute Gasteiger partial charge is 0.395 e. The van der Waals surface area contributed by atoms with E-state index < -0.39 is 0 Å². The second-order valence-electron chi connectivity index (χ2n) is 4.35. The summed E-state index contributed by atoms with van der Waals surface area (Å²) in [5.41, 5.74) is 1.87. The average Bonchev–Trinajstić information content (AvgIpc) is 2.92. The third kappa shape index (κ3) is 3.79. The Bertz CT molecular complexity index is 494. The molecule has 2 aromatic rings. The van der Waals surface area contributed by atoms with Crippen LogP contribution < -0.4 is 5.32 Å². The van der Waals surface area contributed by atoms with Crippen LogP contribution in [-0.2, 0) is 6.42 Å². The van der Waals surface area contributed by atoms with Crippen LogP contribution >= 0.6 is 0 Å². The van der Waals surface area contributed by atoms with Gasteiger partial charge in [0, 0.05) is 24.2 Å².